The lowest BCUT2D eigenvalue weighted by Crippen LogP contribution is -2.41. The first kappa shape index (κ1) is 20.9. The summed E-state index contributed by atoms with van der Waals surface area (Å²) < 4.78 is 31.4. The van der Waals surface area contributed by atoms with E-state index < -0.39 is 22.0 Å². The summed E-state index contributed by atoms with van der Waals surface area (Å²) in [5, 5.41) is 9.15. The Kier molecular flexibility index (Phi) is 8.72. The van der Waals surface area contributed by atoms with Crippen molar-refractivity contribution in [3.05, 3.63) is 23.2 Å². The Morgan fingerprint density at radius 1 is 1.50 bits per heavy atom. The van der Waals surface area contributed by atoms with Crippen molar-refractivity contribution in [3.63, 3.8) is 0 Å². The van der Waals surface area contributed by atoms with Crippen LogP contribution in [0.15, 0.2) is 23.1 Å². The zero-order valence-corrected chi connectivity index (χ0v) is 14.2. The van der Waals surface area contributed by atoms with E-state index in [1.165, 1.54) is 25.3 Å². The monoisotopic (exact) mass is 372 g/mol. The van der Waals surface area contributed by atoms with Crippen LogP contribution in [0.4, 0.5) is 0 Å². The number of nitrogens with two attached hydrogens (primary N) is 1. The van der Waals surface area contributed by atoms with E-state index in [2.05, 4.69) is 4.72 Å². The van der Waals surface area contributed by atoms with Crippen molar-refractivity contribution in [2.75, 3.05) is 13.7 Å². The minimum atomic E-state index is -3.99. The normalized spacial score (nSPS) is 12.3. The van der Waals surface area contributed by atoms with Crippen molar-refractivity contribution in [3.8, 4) is 5.75 Å². The molecule has 10 heteroatoms. The largest absolute Gasteiger partial charge is 0.495 e. The molecular formula is C12H18Cl2N2O5S. The molecule has 22 heavy (non-hydrogen) atoms. The van der Waals surface area contributed by atoms with Gasteiger partial charge in [0, 0.05) is 0 Å². The Balaban J connectivity index is 0.00000441. The number of rotatable bonds is 8. The van der Waals surface area contributed by atoms with Gasteiger partial charge in [0.1, 0.15) is 11.8 Å². The molecule has 0 unspecified atom stereocenters. The standard InChI is InChI=1S/C12H17ClN2O5S.ClH/c1-20-11-5-4-8(7-9(11)13)21(18,19)15-10(12(16)17)3-2-6-14;/h4-5,7,10,15H,2-3,6,14H2,1H3,(H,16,17);1H/t10-;/m0./s1. The van der Waals surface area contributed by atoms with Gasteiger partial charge in [0.05, 0.1) is 17.0 Å². The van der Waals surface area contributed by atoms with Gasteiger partial charge in [-0.05, 0) is 37.6 Å². The lowest BCUT2D eigenvalue weighted by atomic mass is 10.2. The van der Waals surface area contributed by atoms with Gasteiger partial charge in [0.25, 0.3) is 0 Å². The van der Waals surface area contributed by atoms with Gasteiger partial charge in [0.2, 0.25) is 10.0 Å². The number of carboxylic acids is 1. The van der Waals surface area contributed by atoms with E-state index in [0.29, 0.717) is 12.2 Å². The number of hydrogen-bond acceptors (Lipinski definition) is 5. The molecular weight excluding hydrogens is 355 g/mol. The van der Waals surface area contributed by atoms with Crippen LogP contribution in [-0.4, -0.2) is 39.2 Å². The summed E-state index contributed by atoms with van der Waals surface area (Å²) in [6.07, 6.45) is 0.498. The lowest BCUT2D eigenvalue weighted by molar-refractivity contribution is -0.139. The summed E-state index contributed by atoms with van der Waals surface area (Å²) in [7, 11) is -2.59. The molecule has 0 aliphatic rings. The van der Waals surface area contributed by atoms with Crippen LogP contribution < -0.4 is 15.2 Å². The topological polar surface area (TPSA) is 119 Å². The first-order chi connectivity index (χ1) is 9.81. The summed E-state index contributed by atoms with van der Waals surface area (Å²) >= 11 is 5.87. The van der Waals surface area contributed by atoms with Crippen molar-refractivity contribution < 1.29 is 23.1 Å². The number of sulfonamides is 1. The number of hydrogen-bond donors (Lipinski definition) is 3. The number of ether oxygens (including phenoxy) is 1. The van der Waals surface area contributed by atoms with Gasteiger partial charge in [-0.15, -0.1) is 12.4 Å². The van der Waals surface area contributed by atoms with E-state index in [4.69, 9.17) is 27.2 Å². The fourth-order valence-corrected chi connectivity index (χ4v) is 3.20. The van der Waals surface area contributed by atoms with Crippen LogP contribution in [-0.2, 0) is 14.8 Å². The quantitative estimate of drug-likeness (QED) is 0.631. The molecule has 1 atom stereocenters. The van der Waals surface area contributed by atoms with Crippen LogP contribution >= 0.6 is 24.0 Å². The van der Waals surface area contributed by atoms with Gasteiger partial charge >= 0.3 is 5.97 Å². The molecule has 0 saturated heterocycles. The first-order valence-electron chi connectivity index (χ1n) is 6.10. The minimum absolute atomic E-state index is 0. The van der Waals surface area contributed by atoms with E-state index in [-0.39, 0.29) is 35.3 Å². The van der Waals surface area contributed by atoms with Gasteiger partial charge in [-0.2, -0.15) is 4.72 Å². The Morgan fingerprint density at radius 3 is 2.59 bits per heavy atom. The van der Waals surface area contributed by atoms with E-state index in [1.54, 1.807) is 0 Å². The van der Waals surface area contributed by atoms with E-state index in [9.17, 15) is 13.2 Å². The Bertz CT molecular complexity index is 610. The molecule has 0 fully saturated rings. The third-order valence-electron chi connectivity index (χ3n) is 2.73. The van der Waals surface area contributed by atoms with Crippen LogP contribution in [0.5, 0.6) is 5.75 Å². The summed E-state index contributed by atoms with van der Waals surface area (Å²) in [6.45, 7) is 0.278. The highest BCUT2D eigenvalue weighted by atomic mass is 35.5. The number of carbonyl (C=O) groups is 1. The van der Waals surface area contributed by atoms with Crippen LogP contribution in [0.25, 0.3) is 0 Å². The maximum Gasteiger partial charge on any atom is 0.321 e. The molecule has 0 aliphatic heterocycles. The molecule has 1 aromatic rings. The first-order valence-corrected chi connectivity index (χ1v) is 7.96. The average molecular weight is 373 g/mol. The second kappa shape index (κ2) is 9.16. The zero-order chi connectivity index (χ0) is 16.0. The molecule has 0 aromatic heterocycles. The second-order valence-electron chi connectivity index (χ2n) is 4.24. The van der Waals surface area contributed by atoms with Gasteiger partial charge in [0.15, 0.2) is 0 Å². The number of aliphatic carboxylic acids is 1. The van der Waals surface area contributed by atoms with Crippen molar-refractivity contribution in [2.24, 2.45) is 5.73 Å². The lowest BCUT2D eigenvalue weighted by Gasteiger charge is -2.15. The Morgan fingerprint density at radius 2 is 2.14 bits per heavy atom. The van der Waals surface area contributed by atoms with Crippen molar-refractivity contribution in [1.29, 1.82) is 0 Å². The molecule has 0 aliphatic carbocycles. The third-order valence-corrected chi connectivity index (χ3v) is 4.49. The fraction of sp³-hybridized carbons (Fsp3) is 0.417. The fourth-order valence-electron chi connectivity index (χ4n) is 1.62. The maximum atomic E-state index is 12.2. The highest BCUT2D eigenvalue weighted by molar-refractivity contribution is 7.89. The number of methoxy groups -OCH3 is 1. The van der Waals surface area contributed by atoms with Crippen LogP contribution in [0.3, 0.4) is 0 Å². The zero-order valence-electron chi connectivity index (χ0n) is 11.8. The van der Waals surface area contributed by atoms with Gasteiger partial charge < -0.3 is 15.6 Å². The predicted molar refractivity (Wildman–Crippen MR) is 85.3 cm³/mol. The van der Waals surface area contributed by atoms with Gasteiger partial charge in [-0.25, -0.2) is 8.42 Å². The number of benzene rings is 1. The SMILES string of the molecule is COc1ccc(S(=O)(=O)N[C@@H](CCCN)C(=O)O)cc1Cl.Cl. The predicted octanol–water partition coefficient (Wildman–Crippen LogP) is 1.24. The van der Waals surface area contributed by atoms with E-state index in [0.717, 1.165) is 0 Å². The van der Waals surface area contributed by atoms with E-state index >= 15 is 0 Å². The summed E-state index contributed by atoms with van der Waals surface area (Å²) in [5.41, 5.74) is 5.30. The van der Waals surface area contributed by atoms with Gasteiger partial charge in [-0.3, -0.25) is 4.79 Å². The highest BCUT2D eigenvalue weighted by Gasteiger charge is 2.25. The number of carboxylic acid groups (broad SMARTS) is 1. The van der Waals surface area contributed by atoms with Crippen LogP contribution in [0, 0.1) is 0 Å². The third kappa shape index (κ3) is 5.62. The Labute approximate surface area is 140 Å². The Hall–Kier alpha value is -1.06. The molecule has 0 radical (unpaired) electrons. The van der Waals surface area contributed by atoms with Gasteiger partial charge in [-0.1, -0.05) is 11.6 Å². The summed E-state index contributed by atoms with van der Waals surface area (Å²) in [4.78, 5) is 10.9. The van der Waals surface area contributed by atoms with Crippen LogP contribution in [0.1, 0.15) is 12.8 Å². The average Bonchev–Trinajstić information content (AvgIpc) is 2.43. The molecule has 0 heterocycles. The highest BCUT2D eigenvalue weighted by Crippen LogP contribution is 2.27. The van der Waals surface area contributed by atoms with Crippen molar-refractivity contribution in [1.82, 2.24) is 4.72 Å². The molecule has 126 valence electrons. The molecule has 4 N–H and O–H groups in total. The second-order valence-corrected chi connectivity index (χ2v) is 6.36. The molecule has 0 bridgehead atoms. The molecule has 0 amide bonds. The van der Waals surface area contributed by atoms with Crippen LogP contribution in [0.2, 0.25) is 5.02 Å². The van der Waals surface area contributed by atoms with Crippen molar-refractivity contribution in [2.45, 2.75) is 23.8 Å². The molecule has 0 saturated carbocycles. The number of halogens is 2. The van der Waals surface area contributed by atoms with Crippen molar-refractivity contribution >= 4 is 40.0 Å². The molecule has 1 rings (SSSR count). The summed E-state index contributed by atoms with van der Waals surface area (Å²) in [5.74, 6) is -0.930. The van der Waals surface area contributed by atoms with E-state index in [1.807, 2.05) is 0 Å². The molecule has 7 nitrogen and oxygen atoms in total. The minimum Gasteiger partial charge on any atom is -0.495 e. The maximum absolute atomic E-state index is 12.2. The smallest absolute Gasteiger partial charge is 0.321 e. The number of nitrogens with one attached hydrogen (secondary N) is 1. The molecule has 1 aromatic carbocycles. The molecule has 0 spiro atoms. The summed E-state index contributed by atoms with van der Waals surface area (Å²) in [6, 6.07) is 2.64.